The van der Waals surface area contributed by atoms with Crippen molar-refractivity contribution in [2.45, 2.75) is 33.2 Å². The predicted molar refractivity (Wildman–Crippen MR) is 57.4 cm³/mol. The summed E-state index contributed by atoms with van der Waals surface area (Å²) in [5.74, 6) is 0.846. The minimum atomic E-state index is 0.389. The summed E-state index contributed by atoms with van der Waals surface area (Å²) in [4.78, 5) is 6.33. The number of nitrogens with two attached hydrogens (primary N) is 1. The Morgan fingerprint density at radius 2 is 2.29 bits per heavy atom. The van der Waals surface area contributed by atoms with Gasteiger partial charge in [0.05, 0.1) is 6.20 Å². The van der Waals surface area contributed by atoms with Gasteiger partial charge in [0.25, 0.3) is 6.01 Å². The zero-order valence-electron chi connectivity index (χ0n) is 9.16. The minimum Gasteiger partial charge on any atom is -0.429 e. The largest absolute Gasteiger partial charge is 0.429 e. The molecule has 0 aliphatic heterocycles. The molecule has 0 aromatic carbocycles. The third-order valence-electron chi connectivity index (χ3n) is 2.08. The fourth-order valence-electron chi connectivity index (χ4n) is 1.31. The lowest BCUT2D eigenvalue weighted by Gasteiger charge is -2.24. The van der Waals surface area contributed by atoms with Crippen LogP contribution in [0.1, 0.15) is 26.0 Å². The van der Waals surface area contributed by atoms with Crippen LogP contribution in [0.3, 0.4) is 0 Å². The van der Waals surface area contributed by atoms with Crippen molar-refractivity contribution in [2.24, 2.45) is 5.73 Å². The molecule has 0 atom stereocenters. The molecular weight excluding hydrogens is 178 g/mol. The molecular formula is C10H19N3O. The molecule has 0 amide bonds. The van der Waals surface area contributed by atoms with Crippen molar-refractivity contribution in [2.75, 3.05) is 18.0 Å². The number of hydrogen-bond acceptors (Lipinski definition) is 4. The van der Waals surface area contributed by atoms with E-state index in [1.807, 2.05) is 6.92 Å². The van der Waals surface area contributed by atoms with Crippen LogP contribution in [0.2, 0.25) is 0 Å². The molecule has 0 saturated carbocycles. The molecule has 1 aromatic heterocycles. The van der Waals surface area contributed by atoms with E-state index >= 15 is 0 Å². The monoisotopic (exact) mass is 197 g/mol. The molecule has 0 fully saturated rings. The van der Waals surface area contributed by atoms with Crippen LogP contribution in [-0.2, 0) is 0 Å². The van der Waals surface area contributed by atoms with Crippen molar-refractivity contribution < 1.29 is 4.42 Å². The van der Waals surface area contributed by atoms with Crippen molar-refractivity contribution in [3.63, 3.8) is 0 Å². The van der Waals surface area contributed by atoms with Gasteiger partial charge in [-0.05, 0) is 33.7 Å². The summed E-state index contributed by atoms with van der Waals surface area (Å²) in [5.41, 5.74) is 5.48. The molecule has 80 valence electrons. The average molecular weight is 197 g/mol. The van der Waals surface area contributed by atoms with E-state index in [0.29, 0.717) is 18.6 Å². The lowest BCUT2D eigenvalue weighted by atomic mass is 10.3. The highest BCUT2D eigenvalue weighted by atomic mass is 16.4. The molecule has 1 aromatic rings. The van der Waals surface area contributed by atoms with Gasteiger partial charge in [0, 0.05) is 12.6 Å². The number of anilines is 1. The van der Waals surface area contributed by atoms with E-state index in [4.69, 9.17) is 10.2 Å². The maximum atomic E-state index is 5.48. The second-order valence-electron chi connectivity index (χ2n) is 3.68. The smallest absolute Gasteiger partial charge is 0.297 e. The van der Waals surface area contributed by atoms with Crippen LogP contribution in [0, 0.1) is 6.92 Å². The number of nitrogens with zero attached hydrogens (tertiary/aromatic N) is 2. The Kier molecular flexibility index (Phi) is 3.95. The van der Waals surface area contributed by atoms with Crippen LogP contribution in [0.25, 0.3) is 0 Å². The Morgan fingerprint density at radius 1 is 1.57 bits per heavy atom. The predicted octanol–water partition coefficient (Wildman–Crippen LogP) is 1.55. The third-order valence-corrected chi connectivity index (χ3v) is 2.08. The summed E-state index contributed by atoms with van der Waals surface area (Å²) in [6.45, 7) is 7.74. The maximum Gasteiger partial charge on any atom is 0.297 e. The van der Waals surface area contributed by atoms with Gasteiger partial charge in [-0.25, -0.2) is 4.98 Å². The molecule has 1 rings (SSSR count). The van der Waals surface area contributed by atoms with E-state index in [9.17, 15) is 0 Å². The van der Waals surface area contributed by atoms with Crippen molar-refractivity contribution >= 4 is 6.01 Å². The summed E-state index contributed by atoms with van der Waals surface area (Å²) in [6, 6.07) is 1.09. The SMILES string of the molecule is Cc1cnc(N(CCCN)C(C)C)o1. The van der Waals surface area contributed by atoms with E-state index in [1.54, 1.807) is 6.20 Å². The molecule has 0 bridgehead atoms. The molecule has 0 radical (unpaired) electrons. The number of rotatable bonds is 5. The van der Waals surface area contributed by atoms with E-state index in [1.165, 1.54) is 0 Å². The van der Waals surface area contributed by atoms with Gasteiger partial charge in [0.2, 0.25) is 0 Å². The van der Waals surface area contributed by atoms with Crippen molar-refractivity contribution in [3.05, 3.63) is 12.0 Å². The first-order valence-corrected chi connectivity index (χ1v) is 5.04. The normalized spacial score (nSPS) is 10.9. The van der Waals surface area contributed by atoms with Gasteiger partial charge in [-0.15, -0.1) is 0 Å². The summed E-state index contributed by atoms with van der Waals surface area (Å²) < 4.78 is 5.48. The Labute approximate surface area is 85.1 Å². The van der Waals surface area contributed by atoms with E-state index < -0.39 is 0 Å². The van der Waals surface area contributed by atoms with Gasteiger partial charge in [-0.2, -0.15) is 0 Å². The molecule has 0 aliphatic carbocycles. The van der Waals surface area contributed by atoms with E-state index in [2.05, 4.69) is 23.7 Å². The minimum absolute atomic E-state index is 0.389. The molecule has 14 heavy (non-hydrogen) atoms. The highest BCUT2D eigenvalue weighted by Gasteiger charge is 2.14. The molecule has 0 unspecified atom stereocenters. The Balaban J connectivity index is 2.67. The number of oxazole rings is 1. The van der Waals surface area contributed by atoms with Crippen LogP contribution in [-0.4, -0.2) is 24.1 Å². The van der Waals surface area contributed by atoms with Gasteiger partial charge in [-0.1, -0.05) is 0 Å². The van der Waals surface area contributed by atoms with Crippen molar-refractivity contribution in [1.82, 2.24) is 4.98 Å². The number of aryl methyl sites for hydroxylation is 1. The standard InChI is InChI=1S/C10H19N3O/c1-8(2)13(6-4-5-11)10-12-7-9(3)14-10/h7-8H,4-6,11H2,1-3H3. The fourth-order valence-corrected chi connectivity index (χ4v) is 1.31. The Morgan fingerprint density at radius 3 is 2.71 bits per heavy atom. The van der Waals surface area contributed by atoms with Crippen LogP contribution in [0.15, 0.2) is 10.6 Å². The summed E-state index contributed by atoms with van der Waals surface area (Å²) >= 11 is 0. The van der Waals surface area contributed by atoms with Gasteiger partial charge in [-0.3, -0.25) is 0 Å². The lowest BCUT2D eigenvalue weighted by Crippen LogP contribution is -2.33. The van der Waals surface area contributed by atoms with E-state index in [-0.39, 0.29) is 0 Å². The van der Waals surface area contributed by atoms with Gasteiger partial charge in [0.15, 0.2) is 0 Å². The van der Waals surface area contributed by atoms with Gasteiger partial charge in [0.1, 0.15) is 5.76 Å². The average Bonchev–Trinajstić information content (AvgIpc) is 2.52. The van der Waals surface area contributed by atoms with Gasteiger partial charge >= 0.3 is 0 Å². The molecule has 0 saturated heterocycles. The fraction of sp³-hybridized carbons (Fsp3) is 0.700. The summed E-state index contributed by atoms with van der Waals surface area (Å²) in [7, 11) is 0. The van der Waals surface area contributed by atoms with Crippen molar-refractivity contribution in [1.29, 1.82) is 0 Å². The number of aromatic nitrogens is 1. The van der Waals surface area contributed by atoms with E-state index in [0.717, 1.165) is 18.7 Å². The topological polar surface area (TPSA) is 55.3 Å². The van der Waals surface area contributed by atoms with Gasteiger partial charge < -0.3 is 15.1 Å². The van der Waals surface area contributed by atoms with Crippen molar-refractivity contribution in [3.8, 4) is 0 Å². The van der Waals surface area contributed by atoms with Crippen LogP contribution >= 0.6 is 0 Å². The highest BCUT2D eigenvalue weighted by Crippen LogP contribution is 2.16. The summed E-state index contributed by atoms with van der Waals surface area (Å²) in [5, 5.41) is 0. The molecule has 0 spiro atoms. The zero-order chi connectivity index (χ0) is 10.6. The summed E-state index contributed by atoms with van der Waals surface area (Å²) in [6.07, 6.45) is 2.70. The number of hydrogen-bond donors (Lipinski definition) is 1. The van der Waals surface area contributed by atoms with Crippen LogP contribution < -0.4 is 10.6 Å². The second kappa shape index (κ2) is 5.00. The Hall–Kier alpha value is -1.03. The third kappa shape index (κ3) is 2.73. The molecule has 1 heterocycles. The first-order chi connectivity index (χ1) is 6.65. The first kappa shape index (κ1) is 11.0. The Bertz CT molecular complexity index is 270. The molecule has 2 N–H and O–H groups in total. The quantitative estimate of drug-likeness (QED) is 0.778. The molecule has 4 heteroatoms. The maximum absolute atomic E-state index is 5.48. The molecule has 0 aliphatic rings. The lowest BCUT2D eigenvalue weighted by molar-refractivity contribution is 0.489. The highest BCUT2D eigenvalue weighted by molar-refractivity contribution is 5.27. The first-order valence-electron chi connectivity index (χ1n) is 5.04. The molecule has 4 nitrogen and oxygen atoms in total. The van der Waals surface area contributed by atoms with Crippen LogP contribution in [0.4, 0.5) is 6.01 Å². The van der Waals surface area contributed by atoms with Crippen LogP contribution in [0.5, 0.6) is 0 Å². The zero-order valence-corrected chi connectivity index (χ0v) is 9.16. The second-order valence-corrected chi connectivity index (χ2v) is 3.68.